The van der Waals surface area contributed by atoms with Gasteiger partial charge < -0.3 is 10.2 Å². The number of nitrogens with zero attached hydrogens (tertiary/aromatic N) is 1. The smallest absolute Gasteiger partial charge is 0.178 e. The molecule has 110 valence electrons. The van der Waals surface area contributed by atoms with Crippen molar-refractivity contribution in [1.82, 2.24) is 0 Å². The minimum Gasteiger partial charge on any atom is -0.393 e. The van der Waals surface area contributed by atoms with Gasteiger partial charge in [0.2, 0.25) is 0 Å². The number of aliphatic hydroxyl groups excluding tert-OH is 2. The highest BCUT2D eigenvalue weighted by atomic mass is 35.7. The molecule has 8 heteroatoms. The zero-order valence-electron chi connectivity index (χ0n) is 11.0. The van der Waals surface area contributed by atoms with E-state index in [0.29, 0.717) is 6.54 Å². The molecule has 0 aliphatic rings. The highest BCUT2D eigenvalue weighted by molar-refractivity contribution is 5.13. The van der Waals surface area contributed by atoms with Crippen molar-refractivity contribution >= 4 is 0 Å². The summed E-state index contributed by atoms with van der Waals surface area (Å²) in [5.41, 5.74) is 3.43. The van der Waals surface area contributed by atoms with Gasteiger partial charge >= 0.3 is 0 Å². The van der Waals surface area contributed by atoms with E-state index in [4.69, 9.17) is 23.7 Å². The van der Waals surface area contributed by atoms with Gasteiger partial charge in [-0.3, -0.25) is 0 Å². The number of rotatable bonds is 3. The molecule has 1 rings (SSSR count). The fourth-order valence-corrected chi connectivity index (χ4v) is 1.69. The monoisotopic (exact) mass is 295 g/mol. The Hall–Kier alpha value is -0.800. The molecule has 1 heterocycles. The molecule has 0 amide bonds. The quantitative estimate of drug-likeness (QED) is 0.539. The Morgan fingerprint density at radius 3 is 1.79 bits per heavy atom. The number of aromatic nitrogens is 1. The molecule has 7 nitrogen and oxygen atoms in total. The van der Waals surface area contributed by atoms with Crippen molar-refractivity contribution in [2.45, 2.75) is 33.4 Å². The number of pyridine rings is 1. The Morgan fingerprint density at radius 1 is 1.11 bits per heavy atom. The molecule has 1 aromatic heterocycles. The predicted molar refractivity (Wildman–Crippen MR) is 53.9 cm³/mol. The first-order chi connectivity index (χ1) is 8.54. The second-order valence-electron chi connectivity index (χ2n) is 4.14. The Kier molecular flexibility index (Phi) is 7.38. The van der Waals surface area contributed by atoms with E-state index in [1.54, 1.807) is 0 Å². The van der Waals surface area contributed by atoms with Gasteiger partial charge in [0.05, 0.1) is 6.61 Å². The summed E-state index contributed by atoms with van der Waals surface area (Å²) in [6, 6.07) is 4.13. The molecule has 1 unspecified atom stereocenters. The number of hydrogen-bond donors (Lipinski definition) is 2. The van der Waals surface area contributed by atoms with Crippen molar-refractivity contribution in [2.75, 3.05) is 6.61 Å². The van der Waals surface area contributed by atoms with E-state index in [1.807, 2.05) is 25.3 Å². The van der Waals surface area contributed by atoms with Crippen LogP contribution in [0.25, 0.3) is 0 Å². The van der Waals surface area contributed by atoms with Crippen LogP contribution in [0.15, 0.2) is 12.1 Å². The van der Waals surface area contributed by atoms with Gasteiger partial charge in [0.15, 0.2) is 17.9 Å². The Morgan fingerprint density at radius 2 is 1.47 bits per heavy atom. The fraction of sp³-hybridized carbons (Fsp3) is 0.545. The van der Waals surface area contributed by atoms with Crippen LogP contribution in [0.4, 0.5) is 0 Å². The number of halogens is 1. The lowest BCUT2D eigenvalue weighted by Gasteiger charge is -2.17. The number of aryl methyl sites for hydroxylation is 3. The average Bonchev–Trinajstić information content (AvgIpc) is 2.20. The normalized spacial score (nSPS) is 12.7. The summed E-state index contributed by atoms with van der Waals surface area (Å²) < 4.78 is 36.0. The highest BCUT2D eigenvalue weighted by Gasteiger charge is 2.15. The topological polar surface area (TPSA) is 137 Å². The van der Waals surface area contributed by atoms with Gasteiger partial charge in [0, 0.05) is 26.0 Å². The summed E-state index contributed by atoms with van der Waals surface area (Å²) in [5, 5.41) is 18.1. The molecule has 0 bridgehead atoms. The van der Waals surface area contributed by atoms with Gasteiger partial charge in [-0.1, -0.05) is 0 Å². The maximum absolute atomic E-state index is 9.36. The van der Waals surface area contributed by atoms with Gasteiger partial charge in [0.25, 0.3) is 0 Å². The molecule has 2 N–H and O–H groups in total. The summed E-state index contributed by atoms with van der Waals surface area (Å²) in [6.45, 7) is 6.31. The zero-order valence-corrected chi connectivity index (χ0v) is 11.8. The predicted octanol–water partition coefficient (Wildman–Crippen LogP) is -4.50. The van der Waals surface area contributed by atoms with Crippen LogP contribution in [0.5, 0.6) is 0 Å². The van der Waals surface area contributed by atoms with Gasteiger partial charge in [-0.05, 0) is 12.5 Å². The lowest BCUT2D eigenvalue weighted by Crippen LogP contribution is -2.68. The maximum Gasteiger partial charge on any atom is 0.178 e. The van der Waals surface area contributed by atoms with Crippen LogP contribution in [-0.2, 0) is 6.54 Å². The van der Waals surface area contributed by atoms with Crippen molar-refractivity contribution in [3.8, 4) is 0 Å². The highest BCUT2D eigenvalue weighted by Crippen LogP contribution is 2.01. The molecule has 0 aliphatic heterocycles. The lowest BCUT2D eigenvalue weighted by molar-refractivity contribution is -2.00. The minimum absolute atomic E-state index is 0.195. The van der Waals surface area contributed by atoms with Gasteiger partial charge in [-0.2, -0.15) is 4.57 Å². The first-order valence-electron chi connectivity index (χ1n) is 5.43. The van der Waals surface area contributed by atoms with Crippen molar-refractivity contribution in [2.24, 2.45) is 0 Å². The molecule has 0 aromatic carbocycles. The first kappa shape index (κ1) is 18.2. The first-order valence-corrected chi connectivity index (χ1v) is 6.66. The number of hydrogen-bond acceptors (Lipinski definition) is 6. The van der Waals surface area contributed by atoms with Crippen LogP contribution in [0.2, 0.25) is 0 Å². The molecule has 0 fully saturated rings. The third kappa shape index (κ3) is 8.84. The minimum atomic E-state index is -4.94. The second kappa shape index (κ2) is 7.71. The molecular formula is C11H18ClNO6. The molecule has 0 saturated carbocycles. The molecule has 0 radical (unpaired) electrons. The van der Waals surface area contributed by atoms with Crippen LogP contribution >= 0.6 is 0 Å². The third-order valence-electron chi connectivity index (χ3n) is 2.33. The Balaban J connectivity index is 0.000000555. The van der Waals surface area contributed by atoms with Crippen LogP contribution in [0.3, 0.4) is 0 Å². The number of aliphatic hydroxyl groups is 2. The van der Waals surface area contributed by atoms with Crippen molar-refractivity contribution in [1.29, 1.82) is 0 Å². The van der Waals surface area contributed by atoms with E-state index >= 15 is 0 Å². The Labute approximate surface area is 113 Å². The summed E-state index contributed by atoms with van der Waals surface area (Å²) in [6.07, 6.45) is -0.680. The van der Waals surface area contributed by atoms with E-state index in [-0.39, 0.29) is 6.61 Å². The van der Waals surface area contributed by atoms with E-state index in [9.17, 15) is 5.11 Å². The average molecular weight is 296 g/mol. The summed E-state index contributed by atoms with van der Waals surface area (Å²) >= 11 is 0. The summed E-state index contributed by atoms with van der Waals surface area (Å²) in [5.74, 6) is 0. The van der Waals surface area contributed by atoms with E-state index in [1.165, 1.54) is 5.56 Å². The van der Waals surface area contributed by atoms with E-state index in [2.05, 4.69) is 12.1 Å². The molecule has 19 heavy (non-hydrogen) atoms. The van der Waals surface area contributed by atoms with Gasteiger partial charge in [-0.15, -0.1) is 10.2 Å². The third-order valence-corrected chi connectivity index (χ3v) is 2.33. The van der Waals surface area contributed by atoms with Crippen LogP contribution in [0.1, 0.15) is 17.0 Å². The Bertz CT molecular complexity index is 378. The second-order valence-corrected chi connectivity index (χ2v) is 4.90. The largest absolute Gasteiger partial charge is 0.393 e. The van der Waals surface area contributed by atoms with E-state index < -0.39 is 16.3 Å². The van der Waals surface area contributed by atoms with Crippen LogP contribution in [-0.4, -0.2) is 22.9 Å². The van der Waals surface area contributed by atoms with Gasteiger partial charge in [0.1, 0.15) is 6.10 Å². The maximum atomic E-state index is 9.36. The SMILES string of the molecule is Cc1cc(C)[n+](CC(O)CO)c(C)c1.[O-][Cl+3]([O-])([O-])[O-]. The van der Waals surface area contributed by atoms with Gasteiger partial charge in [-0.25, -0.2) is 18.6 Å². The molecule has 1 aromatic rings. The van der Waals surface area contributed by atoms with E-state index in [0.717, 1.165) is 11.4 Å². The zero-order chi connectivity index (χ0) is 15.2. The molecular weight excluding hydrogens is 278 g/mol. The summed E-state index contributed by atoms with van der Waals surface area (Å²) in [7, 11) is -4.94. The van der Waals surface area contributed by atoms with Crippen LogP contribution < -0.4 is 23.2 Å². The van der Waals surface area contributed by atoms with Crippen LogP contribution in [0, 0.1) is 31.0 Å². The standard InChI is InChI=1S/C11H18NO2.ClHO4/c1-8-4-9(2)12(10(3)5-8)6-11(14)7-13;2-1(3,4)5/h4-5,11,13-14H,6-7H2,1-3H3;(H,2,3,4,5)/q+1;/p-1. The fourth-order valence-electron chi connectivity index (χ4n) is 1.69. The molecule has 0 saturated heterocycles. The summed E-state index contributed by atoms with van der Waals surface area (Å²) in [4.78, 5) is 0. The van der Waals surface area contributed by atoms with Crippen molar-refractivity contribution in [3.63, 3.8) is 0 Å². The molecule has 1 atom stereocenters. The molecule has 0 aliphatic carbocycles. The van der Waals surface area contributed by atoms with Crippen molar-refractivity contribution in [3.05, 3.63) is 29.1 Å². The molecule has 0 spiro atoms. The van der Waals surface area contributed by atoms with Crippen molar-refractivity contribution < 1.29 is 43.7 Å². The lowest BCUT2D eigenvalue weighted by atomic mass is 10.2.